The number of non-ortho nitro benzene ring substituents is 1. The first kappa shape index (κ1) is 25.3. The quantitative estimate of drug-likeness (QED) is 0.185. The Morgan fingerprint density at radius 2 is 1.75 bits per heavy atom. The highest BCUT2D eigenvalue weighted by Crippen LogP contribution is 2.39. The van der Waals surface area contributed by atoms with E-state index in [9.17, 15) is 24.8 Å². The second-order valence-electron chi connectivity index (χ2n) is 8.67. The lowest BCUT2D eigenvalue weighted by molar-refractivity contribution is -0.384. The van der Waals surface area contributed by atoms with Gasteiger partial charge < -0.3 is 19.5 Å². The van der Waals surface area contributed by atoms with Gasteiger partial charge in [-0.3, -0.25) is 24.6 Å². The highest BCUT2D eigenvalue weighted by atomic mass is 16.6. The molecule has 2 fully saturated rings. The van der Waals surface area contributed by atoms with E-state index in [1.165, 1.54) is 29.2 Å². The number of Topliss-reactive ketones (excluding diaryl/α,β-unsaturated/α-hetero) is 1. The van der Waals surface area contributed by atoms with E-state index in [-0.39, 0.29) is 23.6 Å². The van der Waals surface area contributed by atoms with Crippen LogP contribution in [-0.4, -0.2) is 77.5 Å². The molecule has 2 saturated heterocycles. The van der Waals surface area contributed by atoms with Crippen LogP contribution in [-0.2, 0) is 14.3 Å². The summed E-state index contributed by atoms with van der Waals surface area (Å²) in [7, 11) is 0. The second kappa shape index (κ2) is 11.3. The number of aliphatic hydroxyl groups excluding tert-OH is 1. The molecule has 190 valence electrons. The number of carbonyl (C=O) groups excluding carboxylic acids is 2. The molecule has 0 aromatic heterocycles. The van der Waals surface area contributed by atoms with E-state index in [0.717, 1.165) is 19.5 Å². The van der Waals surface area contributed by atoms with Gasteiger partial charge in [0.05, 0.1) is 36.4 Å². The molecule has 2 heterocycles. The Morgan fingerprint density at radius 3 is 2.36 bits per heavy atom. The van der Waals surface area contributed by atoms with Crippen LogP contribution in [0.4, 0.5) is 5.69 Å². The Hall–Kier alpha value is -3.76. The number of likely N-dealkylation sites (tertiary alicyclic amines) is 1. The van der Waals surface area contributed by atoms with Crippen LogP contribution in [0.3, 0.4) is 0 Å². The molecule has 36 heavy (non-hydrogen) atoms. The average molecular weight is 496 g/mol. The summed E-state index contributed by atoms with van der Waals surface area (Å²) in [6, 6.07) is 11.5. The molecule has 10 nitrogen and oxygen atoms in total. The van der Waals surface area contributed by atoms with Gasteiger partial charge >= 0.3 is 0 Å². The molecule has 2 aromatic rings. The standard InChI is InChI=1S/C26H29N3O7/c1-2-15-36-21-9-5-19(6-10-21)24(30)22-23(18-3-7-20(8-4-18)29(33)34)28(26(32)25(22)31)12-11-27-13-16-35-17-14-27/h3-10,23,30H,2,11-17H2,1H3/t23-/m0/s1. The number of benzene rings is 2. The Kier molecular flexibility index (Phi) is 7.97. The zero-order valence-electron chi connectivity index (χ0n) is 20.1. The third-order valence-corrected chi connectivity index (χ3v) is 6.32. The number of nitro benzene ring substituents is 1. The lowest BCUT2D eigenvalue weighted by atomic mass is 9.95. The lowest BCUT2D eigenvalue weighted by Gasteiger charge is -2.31. The van der Waals surface area contributed by atoms with Crippen LogP contribution in [0.1, 0.15) is 30.5 Å². The van der Waals surface area contributed by atoms with Crippen LogP contribution in [0.15, 0.2) is 54.1 Å². The Morgan fingerprint density at radius 1 is 1.08 bits per heavy atom. The van der Waals surface area contributed by atoms with Gasteiger partial charge in [-0.2, -0.15) is 0 Å². The minimum Gasteiger partial charge on any atom is -0.507 e. The molecule has 2 aliphatic rings. The van der Waals surface area contributed by atoms with Gasteiger partial charge in [0.25, 0.3) is 17.4 Å². The van der Waals surface area contributed by atoms with Crippen molar-refractivity contribution in [3.8, 4) is 5.75 Å². The zero-order valence-corrected chi connectivity index (χ0v) is 20.1. The van der Waals surface area contributed by atoms with Gasteiger partial charge in [-0.05, 0) is 48.4 Å². The summed E-state index contributed by atoms with van der Waals surface area (Å²) in [6.45, 7) is 5.98. The molecule has 0 unspecified atom stereocenters. The van der Waals surface area contributed by atoms with Gasteiger partial charge in [-0.1, -0.05) is 6.92 Å². The number of hydrogen-bond acceptors (Lipinski definition) is 8. The minimum atomic E-state index is -0.872. The Labute approximate surface area is 208 Å². The van der Waals surface area contributed by atoms with Crippen LogP contribution in [0, 0.1) is 10.1 Å². The molecule has 0 radical (unpaired) electrons. The predicted octanol–water partition coefficient (Wildman–Crippen LogP) is 3.14. The maximum Gasteiger partial charge on any atom is 0.295 e. The first-order valence-electron chi connectivity index (χ1n) is 12.0. The number of ketones is 1. The number of nitro groups is 1. The summed E-state index contributed by atoms with van der Waals surface area (Å²) in [5.74, 6) is -1.17. The zero-order chi connectivity index (χ0) is 25.7. The van der Waals surface area contributed by atoms with E-state index >= 15 is 0 Å². The lowest BCUT2D eigenvalue weighted by Crippen LogP contribution is -2.42. The minimum absolute atomic E-state index is 0.0435. The van der Waals surface area contributed by atoms with Crippen LogP contribution in [0.2, 0.25) is 0 Å². The number of nitrogens with zero attached hydrogens (tertiary/aromatic N) is 3. The van der Waals surface area contributed by atoms with E-state index in [2.05, 4.69) is 4.90 Å². The van der Waals surface area contributed by atoms with Gasteiger partial charge in [0.2, 0.25) is 0 Å². The molecule has 2 aromatic carbocycles. The van der Waals surface area contributed by atoms with Crippen molar-refractivity contribution in [2.24, 2.45) is 0 Å². The number of amides is 1. The van der Waals surface area contributed by atoms with Crippen molar-refractivity contribution < 1.29 is 29.1 Å². The Bertz CT molecular complexity index is 1140. The fourth-order valence-electron chi connectivity index (χ4n) is 4.39. The van der Waals surface area contributed by atoms with Gasteiger partial charge in [0.15, 0.2) is 0 Å². The Balaban J connectivity index is 1.70. The summed E-state index contributed by atoms with van der Waals surface area (Å²) < 4.78 is 11.0. The number of rotatable bonds is 9. The molecule has 2 aliphatic heterocycles. The van der Waals surface area contributed by atoms with E-state index in [1.807, 2.05) is 6.92 Å². The molecule has 1 atom stereocenters. The maximum absolute atomic E-state index is 13.2. The molecule has 0 saturated carbocycles. The molecule has 1 amide bonds. The topological polar surface area (TPSA) is 122 Å². The van der Waals surface area contributed by atoms with Crippen LogP contribution in [0.5, 0.6) is 5.75 Å². The van der Waals surface area contributed by atoms with Gasteiger partial charge in [0.1, 0.15) is 11.5 Å². The van der Waals surface area contributed by atoms with Crippen molar-refractivity contribution >= 4 is 23.1 Å². The molecule has 1 N–H and O–H groups in total. The largest absolute Gasteiger partial charge is 0.507 e. The number of carbonyl (C=O) groups is 2. The third-order valence-electron chi connectivity index (χ3n) is 6.32. The summed E-state index contributed by atoms with van der Waals surface area (Å²) >= 11 is 0. The molecule has 0 spiro atoms. The maximum atomic E-state index is 13.2. The van der Waals surface area contributed by atoms with Crippen molar-refractivity contribution in [3.63, 3.8) is 0 Å². The number of aliphatic hydroxyl groups is 1. The van der Waals surface area contributed by atoms with Gasteiger partial charge in [-0.25, -0.2) is 0 Å². The van der Waals surface area contributed by atoms with Crippen molar-refractivity contribution in [2.75, 3.05) is 46.0 Å². The molecule has 0 aliphatic carbocycles. The highest BCUT2D eigenvalue weighted by Gasteiger charge is 2.46. The van der Waals surface area contributed by atoms with E-state index in [1.54, 1.807) is 24.3 Å². The highest BCUT2D eigenvalue weighted by molar-refractivity contribution is 6.46. The smallest absolute Gasteiger partial charge is 0.295 e. The fraction of sp³-hybridized carbons (Fsp3) is 0.385. The average Bonchev–Trinajstić information content (AvgIpc) is 3.16. The summed E-state index contributed by atoms with van der Waals surface area (Å²) in [6.07, 6.45) is 0.852. The molecule has 0 bridgehead atoms. The third kappa shape index (κ3) is 5.39. The van der Waals surface area contributed by atoms with Crippen molar-refractivity contribution in [3.05, 3.63) is 75.3 Å². The van der Waals surface area contributed by atoms with Crippen LogP contribution < -0.4 is 4.74 Å². The normalized spacial score (nSPS) is 20.0. The van der Waals surface area contributed by atoms with Crippen LogP contribution >= 0.6 is 0 Å². The molecular weight excluding hydrogens is 466 g/mol. The predicted molar refractivity (Wildman–Crippen MR) is 132 cm³/mol. The van der Waals surface area contributed by atoms with E-state index < -0.39 is 22.7 Å². The van der Waals surface area contributed by atoms with Crippen molar-refractivity contribution in [1.82, 2.24) is 9.80 Å². The summed E-state index contributed by atoms with van der Waals surface area (Å²) in [5, 5.41) is 22.3. The number of morpholine rings is 1. The summed E-state index contributed by atoms with van der Waals surface area (Å²) in [4.78, 5) is 40.5. The van der Waals surface area contributed by atoms with Crippen molar-refractivity contribution in [1.29, 1.82) is 0 Å². The molecule has 10 heteroatoms. The first-order chi connectivity index (χ1) is 17.4. The summed E-state index contributed by atoms with van der Waals surface area (Å²) in [5.41, 5.74) is 0.730. The van der Waals surface area contributed by atoms with Crippen molar-refractivity contribution in [2.45, 2.75) is 19.4 Å². The first-order valence-corrected chi connectivity index (χ1v) is 12.0. The van der Waals surface area contributed by atoms with Gasteiger partial charge in [0, 0.05) is 43.9 Å². The van der Waals surface area contributed by atoms with E-state index in [4.69, 9.17) is 9.47 Å². The number of ether oxygens (including phenoxy) is 2. The molecule has 4 rings (SSSR count). The second-order valence-corrected chi connectivity index (χ2v) is 8.67. The number of hydrogen-bond donors (Lipinski definition) is 1. The molecular formula is C26H29N3O7. The monoisotopic (exact) mass is 495 g/mol. The van der Waals surface area contributed by atoms with Gasteiger partial charge in [-0.15, -0.1) is 0 Å². The van der Waals surface area contributed by atoms with E-state index in [0.29, 0.717) is 43.2 Å². The fourth-order valence-corrected chi connectivity index (χ4v) is 4.39. The van der Waals surface area contributed by atoms with Crippen LogP contribution in [0.25, 0.3) is 5.76 Å². The SMILES string of the molecule is CCCOc1ccc(C(O)=C2C(=O)C(=O)N(CCN3CCOCC3)[C@H]2c2ccc([N+](=O)[O-])cc2)cc1.